The Morgan fingerprint density at radius 2 is 2.06 bits per heavy atom. The summed E-state index contributed by atoms with van der Waals surface area (Å²) in [7, 11) is 0. The number of benzene rings is 1. The van der Waals surface area contributed by atoms with Gasteiger partial charge in [0.05, 0.1) is 10.5 Å². The van der Waals surface area contributed by atoms with Crippen molar-refractivity contribution >= 4 is 18.1 Å². The molecule has 8 heteroatoms. The van der Waals surface area contributed by atoms with Gasteiger partial charge in [0.15, 0.2) is 0 Å². The van der Waals surface area contributed by atoms with Gasteiger partial charge >= 0.3 is 0 Å². The first-order chi connectivity index (χ1) is 7.41. The number of nitro benzene ring substituents is 1. The predicted octanol–water partition coefficient (Wildman–Crippen LogP) is 2.38. The van der Waals surface area contributed by atoms with Gasteiger partial charge in [0.1, 0.15) is 5.75 Å². The second-order valence-corrected chi connectivity index (χ2v) is 3.23. The van der Waals surface area contributed by atoms with Gasteiger partial charge in [0.2, 0.25) is 6.43 Å². The van der Waals surface area contributed by atoms with E-state index in [1.165, 1.54) is 0 Å². The van der Waals surface area contributed by atoms with Gasteiger partial charge in [-0.3, -0.25) is 10.1 Å². The smallest absolute Gasteiger partial charge is 0.274 e. The summed E-state index contributed by atoms with van der Waals surface area (Å²) in [6.45, 7) is 0. The van der Waals surface area contributed by atoms with E-state index in [4.69, 9.17) is 10.8 Å². The Kier molecular flexibility index (Phi) is 5.77. The molecule has 0 bridgehead atoms. The third kappa shape index (κ3) is 4.12. The molecule has 0 aliphatic heterocycles. The SMILES string of the molecule is Cl.N[C@@H](CC(F)F)c1cc(O)ccc1[N+](=O)[O-]. The molecule has 0 heterocycles. The molecule has 1 aromatic rings. The topological polar surface area (TPSA) is 89.4 Å². The number of nitro groups is 1. The lowest BCUT2D eigenvalue weighted by Gasteiger charge is -2.11. The summed E-state index contributed by atoms with van der Waals surface area (Å²) < 4.78 is 24.2. The highest BCUT2D eigenvalue weighted by Gasteiger charge is 2.22. The number of hydrogen-bond acceptors (Lipinski definition) is 4. The van der Waals surface area contributed by atoms with E-state index in [-0.39, 0.29) is 29.4 Å². The van der Waals surface area contributed by atoms with Gasteiger partial charge in [-0.25, -0.2) is 8.78 Å². The molecule has 1 atom stereocenters. The molecule has 1 aromatic carbocycles. The molecule has 17 heavy (non-hydrogen) atoms. The van der Waals surface area contributed by atoms with Crippen LogP contribution in [0.1, 0.15) is 18.0 Å². The van der Waals surface area contributed by atoms with Crippen LogP contribution in [0.5, 0.6) is 5.75 Å². The third-order valence-corrected chi connectivity index (χ3v) is 2.04. The molecule has 0 aliphatic rings. The van der Waals surface area contributed by atoms with E-state index < -0.39 is 23.8 Å². The molecule has 0 fully saturated rings. The van der Waals surface area contributed by atoms with Crippen molar-refractivity contribution in [2.45, 2.75) is 18.9 Å². The van der Waals surface area contributed by atoms with Crippen molar-refractivity contribution in [1.29, 1.82) is 0 Å². The second-order valence-electron chi connectivity index (χ2n) is 3.23. The molecular formula is C9H11ClF2N2O3. The largest absolute Gasteiger partial charge is 0.508 e. The van der Waals surface area contributed by atoms with E-state index in [2.05, 4.69) is 0 Å². The van der Waals surface area contributed by atoms with Crippen LogP contribution in [0.15, 0.2) is 18.2 Å². The zero-order chi connectivity index (χ0) is 12.3. The van der Waals surface area contributed by atoms with Crippen LogP contribution in [0.3, 0.4) is 0 Å². The summed E-state index contributed by atoms with van der Waals surface area (Å²) in [6, 6.07) is 2.00. The van der Waals surface area contributed by atoms with Gasteiger partial charge in [-0.2, -0.15) is 0 Å². The number of phenols is 1. The number of alkyl halides is 2. The van der Waals surface area contributed by atoms with E-state index in [0.29, 0.717) is 0 Å². The molecule has 96 valence electrons. The fourth-order valence-electron chi connectivity index (χ4n) is 1.32. The summed E-state index contributed by atoms with van der Waals surface area (Å²) in [5.41, 5.74) is 4.95. The quantitative estimate of drug-likeness (QED) is 0.648. The monoisotopic (exact) mass is 268 g/mol. The average molecular weight is 269 g/mol. The summed E-state index contributed by atoms with van der Waals surface area (Å²) >= 11 is 0. The number of hydrogen-bond donors (Lipinski definition) is 2. The number of halogens is 3. The van der Waals surface area contributed by atoms with Crippen molar-refractivity contribution in [2.75, 3.05) is 0 Å². The van der Waals surface area contributed by atoms with Crippen molar-refractivity contribution in [1.82, 2.24) is 0 Å². The summed E-state index contributed by atoms with van der Waals surface area (Å²) in [5.74, 6) is -0.245. The van der Waals surface area contributed by atoms with Crippen LogP contribution in [-0.4, -0.2) is 16.5 Å². The van der Waals surface area contributed by atoms with Gasteiger partial charge in [-0.1, -0.05) is 0 Å². The first-order valence-corrected chi connectivity index (χ1v) is 4.43. The lowest BCUT2D eigenvalue weighted by Crippen LogP contribution is -2.15. The van der Waals surface area contributed by atoms with Crippen molar-refractivity contribution in [3.63, 3.8) is 0 Å². The van der Waals surface area contributed by atoms with Crippen LogP contribution < -0.4 is 5.73 Å². The maximum absolute atomic E-state index is 12.1. The fraction of sp³-hybridized carbons (Fsp3) is 0.333. The van der Waals surface area contributed by atoms with Crippen LogP contribution in [0, 0.1) is 10.1 Å². The molecule has 1 rings (SSSR count). The fourth-order valence-corrected chi connectivity index (χ4v) is 1.32. The maximum Gasteiger partial charge on any atom is 0.274 e. The molecule has 0 aliphatic carbocycles. The molecule has 0 spiro atoms. The Balaban J connectivity index is 0.00000256. The van der Waals surface area contributed by atoms with Gasteiger partial charge < -0.3 is 10.8 Å². The molecule has 0 unspecified atom stereocenters. The molecule has 0 saturated carbocycles. The third-order valence-electron chi connectivity index (χ3n) is 2.04. The molecule has 0 radical (unpaired) electrons. The Hall–Kier alpha value is -1.47. The van der Waals surface area contributed by atoms with Crippen molar-refractivity contribution in [3.05, 3.63) is 33.9 Å². The molecular weight excluding hydrogens is 258 g/mol. The average Bonchev–Trinajstić information content (AvgIpc) is 2.15. The minimum atomic E-state index is -2.66. The number of phenolic OH excluding ortho intramolecular Hbond substituents is 1. The number of aromatic hydroxyl groups is 1. The van der Waals surface area contributed by atoms with E-state index in [9.17, 15) is 18.9 Å². The van der Waals surface area contributed by atoms with E-state index >= 15 is 0 Å². The Morgan fingerprint density at radius 3 is 2.53 bits per heavy atom. The van der Waals surface area contributed by atoms with Gasteiger partial charge in [0, 0.05) is 18.5 Å². The Bertz CT molecular complexity index is 404. The van der Waals surface area contributed by atoms with Crippen molar-refractivity contribution < 1.29 is 18.8 Å². The number of nitrogens with two attached hydrogens (primary N) is 1. The maximum atomic E-state index is 12.1. The van der Waals surface area contributed by atoms with Gasteiger partial charge in [0.25, 0.3) is 5.69 Å². The number of nitrogens with zero attached hydrogens (tertiary/aromatic N) is 1. The second kappa shape index (κ2) is 6.31. The van der Waals surface area contributed by atoms with Crippen LogP contribution in [0.4, 0.5) is 14.5 Å². The highest BCUT2D eigenvalue weighted by atomic mass is 35.5. The Labute approximate surface area is 102 Å². The zero-order valence-electron chi connectivity index (χ0n) is 8.55. The minimum absolute atomic E-state index is 0. The molecule has 3 N–H and O–H groups in total. The van der Waals surface area contributed by atoms with Crippen molar-refractivity contribution in [2.24, 2.45) is 5.73 Å². The van der Waals surface area contributed by atoms with E-state index in [1.807, 2.05) is 0 Å². The van der Waals surface area contributed by atoms with Crippen molar-refractivity contribution in [3.8, 4) is 5.75 Å². The Morgan fingerprint density at radius 1 is 1.47 bits per heavy atom. The highest BCUT2D eigenvalue weighted by Crippen LogP contribution is 2.30. The first kappa shape index (κ1) is 15.5. The standard InChI is InChI=1S/C9H10F2N2O3.ClH/c10-9(11)4-7(12)6-3-5(14)1-2-8(6)13(15)16;/h1-3,7,9,14H,4,12H2;1H/t7-;/m0./s1. The van der Waals surface area contributed by atoms with Crippen LogP contribution in [0.2, 0.25) is 0 Å². The number of rotatable bonds is 4. The molecule has 5 nitrogen and oxygen atoms in total. The first-order valence-electron chi connectivity index (χ1n) is 4.43. The van der Waals surface area contributed by atoms with Crippen LogP contribution in [-0.2, 0) is 0 Å². The van der Waals surface area contributed by atoms with Crippen LogP contribution in [0.25, 0.3) is 0 Å². The summed E-state index contributed by atoms with van der Waals surface area (Å²) in [6.07, 6.45) is -3.35. The normalized spacial score (nSPS) is 12.0. The van der Waals surface area contributed by atoms with E-state index in [0.717, 1.165) is 18.2 Å². The van der Waals surface area contributed by atoms with Gasteiger partial charge in [-0.05, 0) is 12.1 Å². The lowest BCUT2D eigenvalue weighted by molar-refractivity contribution is -0.385. The van der Waals surface area contributed by atoms with E-state index in [1.54, 1.807) is 0 Å². The summed E-state index contributed by atoms with van der Waals surface area (Å²) in [5, 5.41) is 19.7. The molecule has 0 amide bonds. The van der Waals surface area contributed by atoms with Crippen LogP contribution >= 0.6 is 12.4 Å². The molecule has 0 saturated heterocycles. The highest BCUT2D eigenvalue weighted by molar-refractivity contribution is 5.85. The van der Waals surface area contributed by atoms with Gasteiger partial charge in [-0.15, -0.1) is 12.4 Å². The molecule has 0 aromatic heterocycles. The lowest BCUT2D eigenvalue weighted by atomic mass is 10.0. The predicted molar refractivity (Wildman–Crippen MR) is 59.6 cm³/mol. The minimum Gasteiger partial charge on any atom is -0.508 e. The summed E-state index contributed by atoms with van der Waals surface area (Å²) in [4.78, 5) is 9.88. The zero-order valence-corrected chi connectivity index (χ0v) is 9.36.